The van der Waals surface area contributed by atoms with Gasteiger partial charge in [-0.2, -0.15) is 0 Å². The molecule has 1 atom stereocenters. The Labute approximate surface area is 115 Å². The molecule has 2 heterocycles. The van der Waals surface area contributed by atoms with Crippen LogP contribution in [0.5, 0.6) is 0 Å². The Hall–Kier alpha value is -1.85. The molecular weight excluding hydrogens is 262 g/mol. The van der Waals surface area contributed by atoms with Crippen molar-refractivity contribution in [1.29, 1.82) is 0 Å². The van der Waals surface area contributed by atoms with E-state index in [1.54, 1.807) is 24.7 Å². The van der Waals surface area contributed by atoms with E-state index in [0.29, 0.717) is 0 Å². The van der Waals surface area contributed by atoms with E-state index < -0.39 is 6.10 Å². The second-order valence-electron chi connectivity index (χ2n) is 4.12. The SMILES string of the molecule is Cc1ccsc1C(O)CNC(=O)C=Cc1ccoc1. The normalized spacial score (nSPS) is 12.7. The van der Waals surface area contributed by atoms with Crippen molar-refractivity contribution < 1.29 is 14.3 Å². The number of carbonyl (C=O) groups is 1. The van der Waals surface area contributed by atoms with Gasteiger partial charge in [-0.15, -0.1) is 11.3 Å². The van der Waals surface area contributed by atoms with Gasteiger partial charge in [-0.25, -0.2) is 0 Å². The van der Waals surface area contributed by atoms with E-state index in [4.69, 9.17) is 4.42 Å². The Morgan fingerprint density at radius 2 is 2.42 bits per heavy atom. The van der Waals surface area contributed by atoms with Crippen LogP contribution in [0.25, 0.3) is 6.08 Å². The van der Waals surface area contributed by atoms with Gasteiger partial charge in [-0.3, -0.25) is 4.79 Å². The molecule has 2 aromatic heterocycles. The van der Waals surface area contributed by atoms with Crippen molar-refractivity contribution in [3.63, 3.8) is 0 Å². The number of thiophene rings is 1. The molecule has 0 radical (unpaired) electrons. The Morgan fingerprint density at radius 1 is 1.58 bits per heavy atom. The lowest BCUT2D eigenvalue weighted by Gasteiger charge is -2.10. The number of aliphatic hydroxyl groups is 1. The summed E-state index contributed by atoms with van der Waals surface area (Å²) in [6, 6.07) is 3.71. The lowest BCUT2D eigenvalue weighted by Crippen LogP contribution is -2.26. The number of furan rings is 1. The highest BCUT2D eigenvalue weighted by molar-refractivity contribution is 7.10. The third-order valence-electron chi connectivity index (χ3n) is 2.64. The summed E-state index contributed by atoms with van der Waals surface area (Å²) in [5, 5.41) is 14.5. The van der Waals surface area contributed by atoms with Crippen molar-refractivity contribution in [3.8, 4) is 0 Å². The van der Waals surface area contributed by atoms with Crippen LogP contribution in [0.15, 0.2) is 40.5 Å². The number of carbonyl (C=O) groups excluding carboxylic acids is 1. The summed E-state index contributed by atoms with van der Waals surface area (Å²) in [6.07, 6.45) is 5.50. The lowest BCUT2D eigenvalue weighted by atomic mass is 10.2. The van der Waals surface area contributed by atoms with Crippen LogP contribution in [0, 0.1) is 6.92 Å². The molecule has 1 unspecified atom stereocenters. The van der Waals surface area contributed by atoms with E-state index in [0.717, 1.165) is 16.0 Å². The van der Waals surface area contributed by atoms with Crippen LogP contribution in [0.2, 0.25) is 0 Å². The molecule has 0 spiro atoms. The van der Waals surface area contributed by atoms with Gasteiger partial charge in [0.05, 0.1) is 12.5 Å². The van der Waals surface area contributed by atoms with Crippen molar-refractivity contribution in [1.82, 2.24) is 5.32 Å². The highest BCUT2D eigenvalue weighted by atomic mass is 32.1. The summed E-state index contributed by atoms with van der Waals surface area (Å²) >= 11 is 1.49. The van der Waals surface area contributed by atoms with Gasteiger partial charge >= 0.3 is 0 Å². The number of amides is 1. The molecule has 0 bridgehead atoms. The summed E-state index contributed by atoms with van der Waals surface area (Å²) in [6.45, 7) is 2.14. The highest BCUT2D eigenvalue weighted by Gasteiger charge is 2.12. The van der Waals surface area contributed by atoms with Crippen LogP contribution in [0.3, 0.4) is 0 Å². The quantitative estimate of drug-likeness (QED) is 0.825. The van der Waals surface area contributed by atoms with Crippen LogP contribution < -0.4 is 5.32 Å². The molecular formula is C14H15NO3S. The van der Waals surface area contributed by atoms with Gasteiger partial charge in [0, 0.05) is 23.1 Å². The summed E-state index contributed by atoms with van der Waals surface area (Å²) in [5.74, 6) is -0.241. The molecule has 19 heavy (non-hydrogen) atoms. The first-order valence-electron chi connectivity index (χ1n) is 5.87. The van der Waals surface area contributed by atoms with Gasteiger partial charge < -0.3 is 14.8 Å². The lowest BCUT2D eigenvalue weighted by molar-refractivity contribution is -0.116. The predicted molar refractivity (Wildman–Crippen MR) is 74.8 cm³/mol. The zero-order valence-corrected chi connectivity index (χ0v) is 11.3. The van der Waals surface area contributed by atoms with E-state index in [1.807, 2.05) is 18.4 Å². The molecule has 4 nitrogen and oxygen atoms in total. The largest absolute Gasteiger partial charge is 0.472 e. The fourth-order valence-corrected chi connectivity index (χ4v) is 2.53. The standard InChI is InChI=1S/C14H15NO3S/c1-10-5-7-19-14(10)12(16)8-15-13(17)3-2-11-4-6-18-9-11/h2-7,9,12,16H,8H2,1H3,(H,15,17). The minimum atomic E-state index is -0.661. The summed E-state index contributed by atoms with van der Waals surface area (Å²) < 4.78 is 4.89. The predicted octanol–water partition coefficient (Wildman–Crippen LogP) is 2.51. The number of rotatable bonds is 5. The first-order chi connectivity index (χ1) is 9.16. The first kappa shape index (κ1) is 13.6. The molecule has 0 saturated carbocycles. The van der Waals surface area contributed by atoms with Crippen molar-refractivity contribution in [2.75, 3.05) is 6.54 Å². The monoisotopic (exact) mass is 277 g/mol. The minimum Gasteiger partial charge on any atom is -0.472 e. The molecule has 2 N–H and O–H groups in total. The van der Waals surface area contributed by atoms with E-state index in [2.05, 4.69) is 5.32 Å². The second-order valence-corrected chi connectivity index (χ2v) is 5.07. The molecule has 5 heteroatoms. The van der Waals surface area contributed by atoms with Gasteiger partial charge in [-0.1, -0.05) is 0 Å². The van der Waals surface area contributed by atoms with Gasteiger partial charge in [0.25, 0.3) is 0 Å². The maximum absolute atomic E-state index is 11.6. The summed E-state index contributed by atoms with van der Waals surface area (Å²) in [7, 11) is 0. The van der Waals surface area contributed by atoms with Crippen LogP contribution in [0.4, 0.5) is 0 Å². The highest BCUT2D eigenvalue weighted by Crippen LogP contribution is 2.22. The molecule has 0 aromatic carbocycles. The van der Waals surface area contributed by atoms with Crippen LogP contribution in [-0.4, -0.2) is 17.6 Å². The fraction of sp³-hybridized carbons (Fsp3) is 0.214. The Kier molecular flexibility index (Phi) is 4.54. The minimum absolute atomic E-state index is 0.204. The Morgan fingerprint density at radius 3 is 3.05 bits per heavy atom. The first-order valence-corrected chi connectivity index (χ1v) is 6.75. The number of aryl methyl sites for hydroxylation is 1. The molecule has 0 fully saturated rings. The maximum atomic E-state index is 11.6. The van der Waals surface area contributed by atoms with Crippen LogP contribution in [-0.2, 0) is 4.79 Å². The molecule has 1 amide bonds. The van der Waals surface area contributed by atoms with E-state index in [9.17, 15) is 9.90 Å². The zero-order chi connectivity index (χ0) is 13.7. The molecule has 0 aliphatic carbocycles. The number of hydrogen-bond acceptors (Lipinski definition) is 4. The van der Waals surface area contributed by atoms with Crippen LogP contribution >= 0.6 is 11.3 Å². The average Bonchev–Trinajstić information content (AvgIpc) is 3.04. The maximum Gasteiger partial charge on any atom is 0.244 e. The van der Waals surface area contributed by atoms with Crippen molar-refractivity contribution in [3.05, 3.63) is 52.1 Å². The topological polar surface area (TPSA) is 62.5 Å². The zero-order valence-electron chi connectivity index (χ0n) is 10.5. The van der Waals surface area contributed by atoms with Crippen molar-refractivity contribution in [2.24, 2.45) is 0 Å². The fourth-order valence-electron chi connectivity index (χ4n) is 1.62. The second kappa shape index (κ2) is 6.36. The third kappa shape index (κ3) is 3.81. The average molecular weight is 277 g/mol. The van der Waals surface area contributed by atoms with Crippen molar-refractivity contribution in [2.45, 2.75) is 13.0 Å². The van der Waals surface area contributed by atoms with E-state index in [-0.39, 0.29) is 12.5 Å². The molecule has 2 rings (SSSR count). The van der Waals surface area contributed by atoms with Gasteiger partial charge in [0.2, 0.25) is 5.91 Å². The summed E-state index contributed by atoms with van der Waals surface area (Å²) in [4.78, 5) is 12.4. The van der Waals surface area contributed by atoms with Crippen molar-refractivity contribution >= 4 is 23.3 Å². The Bertz CT molecular complexity index is 557. The van der Waals surface area contributed by atoms with E-state index >= 15 is 0 Å². The smallest absolute Gasteiger partial charge is 0.244 e. The van der Waals surface area contributed by atoms with Gasteiger partial charge in [0.1, 0.15) is 6.10 Å². The molecule has 0 aliphatic rings. The van der Waals surface area contributed by atoms with E-state index in [1.165, 1.54) is 17.4 Å². The van der Waals surface area contributed by atoms with Crippen LogP contribution in [0.1, 0.15) is 22.1 Å². The number of hydrogen-bond donors (Lipinski definition) is 2. The Balaban J connectivity index is 1.82. The summed E-state index contributed by atoms with van der Waals surface area (Å²) in [5.41, 5.74) is 1.87. The number of aliphatic hydroxyl groups excluding tert-OH is 1. The molecule has 0 saturated heterocycles. The molecule has 2 aromatic rings. The third-order valence-corrected chi connectivity index (χ3v) is 3.76. The molecule has 0 aliphatic heterocycles. The van der Waals surface area contributed by atoms with Gasteiger partial charge in [0.15, 0.2) is 0 Å². The molecule has 100 valence electrons. The van der Waals surface area contributed by atoms with Gasteiger partial charge in [-0.05, 0) is 36.1 Å². The number of nitrogens with one attached hydrogen (secondary N) is 1.